The maximum Gasteiger partial charge on any atom is 0.416 e. The van der Waals surface area contributed by atoms with E-state index in [-0.39, 0.29) is 17.3 Å². The van der Waals surface area contributed by atoms with Crippen LogP contribution in [0.2, 0.25) is 0 Å². The average Bonchev–Trinajstić information content (AvgIpc) is 3.08. The van der Waals surface area contributed by atoms with Gasteiger partial charge in [0.05, 0.1) is 22.3 Å². The number of nitrogens with zero attached hydrogens (tertiary/aromatic N) is 3. The van der Waals surface area contributed by atoms with E-state index in [4.69, 9.17) is 9.47 Å². The fraction of sp³-hybridized carbons (Fsp3) is 0.240. The molecular formula is C25H22F4N4O3. The van der Waals surface area contributed by atoms with Gasteiger partial charge >= 0.3 is 12.1 Å². The molecule has 11 heteroatoms. The highest BCUT2D eigenvalue weighted by Crippen LogP contribution is 2.33. The molecule has 36 heavy (non-hydrogen) atoms. The molecule has 0 saturated heterocycles. The number of ether oxygens (including phenoxy) is 2. The molecule has 0 aliphatic carbocycles. The molecule has 4 rings (SSSR count). The molecule has 0 fully saturated rings. The molecule has 4 aromatic rings. The van der Waals surface area contributed by atoms with Crippen LogP contribution in [-0.4, -0.2) is 26.1 Å². The average molecular weight is 502 g/mol. The van der Waals surface area contributed by atoms with Gasteiger partial charge in [-0.2, -0.15) is 13.2 Å². The minimum Gasteiger partial charge on any atom is -0.457 e. The maximum absolute atomic E-state index is 14.2. The Kier molecular flexibility index (Phi) is 6.33. The monoisotopic (exact) mass is 502 g/mol. The van der Waals surface area contributed by atoms with E-state index in [2.05, 4.69) is 15.3 Å². The standard InChI is InChI=1S/C25H22F4N4O3/c1-24(2,3)36-22(34)20-13-16(9-10-30-20)35-15-6-8-21-19(12-15)32-23(33(21)4)31-18-11-14(25(27,28)29)5-7-17(18)26/h5-13H,1-4H3,(H,31,32). The number of esters is 1. The van der Waals surface area contributed by atoms with Crippen molar-refractivity contribution in [3.63, 3.8) is 0 Å². The number of halogens is 4. The number of imidazole rings is 1. The topological polar surface area (TPSA) is 78.3 Å². The molecule has 2 aromatic carbocycles. The lowest BCUT2D eigenvalue weighted by atomic mass is 10.2. The van der Waals surface area contributed by atoms with Gasteiger partial charge in [0, 0.05) is 25.4 Å². The van der Waals surface area contributed by atoms with Crippen molar-refractivity contribution >= 4 is 28.6 Å². The van der Waals surface area contributed by atoms with Crippen LogP contribution in [0.5, 0.6) is 11.5 Å². The molecular weight excluding hydrogens is 480 g/mol. The van der Waals surface area contributed by atoms with Crippen molar-refractivity contribution in [3.8, 4) is 11.5 Å². The van der Waals surface area contributed by atoms with E-state index in [0.29, 0.717) is 34.7 Å². The van der Waals surface area contributed by atoms with E-state index in [1.807, 2.05) is 0 Å². The molecule has 0 atom stereocenters. The third-order valence-corrected chi connectivity index (χ3v) is 4.97. The molecule has 2 aromatic heterocycles. The second-order valence-corrected chi connectivity index (χ2v) is 8.94. The number of alkyl halides is 3. The first-order valence-corrected chi connectivity index (χ1v) is 10.8. The Hall–Kier alpha value is -4.15. The SMILES string of the molecule is Cn1c(Nc2cc(C(F)(F)F)ccc2F)nc2cc(Oc3ccnc(C(=O)OC(C)(C)C)c3)ccc21. The van der Waals surface area contributed by atoms with Gasteiger partial charge in [0.1, 0.15) is 22.9 Å². The molecule has 0 spiro atoms. The van der Waals surface area contributed by atoms with Crippen LogP contribution in [-0.2, 0) is 18.0 Å². The van der Waals surface area contributed by atoms with Crippen LogP contribution in [0.25, 0.3) is 11.0 Å². The van der Waals surface area contributed by atoms with Crippen molar-refractivity contribution in [1.82, 2.24) is 14.5 Å². The number of aromatic nitrogens is 3. The first kappa shape index (κ1) is 25.0. The number of hydrogen-bond acceptors (Lipinski definition) is 6. The third kappa shape index (κ3) is 5.56. The number of fused-ring (bicyclic) bond motifs is 1. The first-order chi connectivity index (χ1) is 16.8. The largest absolute Gasteiger partial charge is 0.457 e. The zero-order valence-corrected chi connectivity index (χ0v) is 19.8. The van der Waals surface area contributed by atoms with Crippen LogP contribution in [0.15, 0.2) is 54.7 Å². The summed E-state index contributed by atoms with van der Waals surface area (Å²) in [6.45, 7) is 5.24. The Morgan fingerprint density at radius 1 is 1.00 bits per heavy atom. The van der Waals surface area contributed by atoms with E-state index in [0.717, 1.165) is 6.07 Å². The number of rotatable bonds is 5. The minimum atomic E-state index is -4.61. The normalized spacial score (nSPS) is 12.0. The summed E-state index contributed by atoms with van der Waals surface area (Å²) in [6, 6.07) is 10.1. The molecule has 1 N–H and O–H groups in total. The maximum atomic E-state index is 14.2. The van der Waals surface area contributed by atoms with E-state index >= 15 is 0 Å². The van der Waals surface area contributed by atoms with Crippen molar-refractivity contribution in [3.05, 3.63) is 71.8 Å². The smallest absolute Gasteiger partial charge is 0.416 e. The Morgan fingerprint density at radius 2 is 1.72 bits per heavy atom. The third-order valence-electron chi connectivity index (χ3n) is 4.97. The Balaban J connectivity index is 1.58. The van der Waals surface area contributed by atoms with Crippen molar-refractivity contribution in [2.24, 2.45) is 7.05 Å². The van der Waals surface area contributed by atoms with Crippen molar-refractivity contribution in [2.75, 3.05) is 5.32 Å². The van der Waals surface area contributed by atoms with Crippen LogP contribution in [0.1, 0.15) is 36.8 Å². The lowest BCUT2D eigenvalue weighted by molar-refractivity contribution is -0.137. The number of pyridine rings is 1. The number of anilines is 2. The van der Waals surface area contributed by atoms with Gasteiger partial charge in [-0.05, 0) is 57.2 Å². The van der Waals surface area contributed by atoms with Crippen LogP contribution >= 0.6 is 0 Å². The highest BCUT2D eigenvalue weighted by atomic mass is 19.4. The van der Waals surface area contributed by atoms with Crippen LogP contribution < -0.4 is 10.1 Å². The summed E-state index contributed by atoms with van der Waals surface area (Å²) in [5.74, 6) is -0.580. The quantitative estimate of drug-likeness (QED) is 0.244. The van der Waals surface area contributed by atoms with Gasteiger partial charge in [0.2, 0.25) is 5.95 Å². The van der Waals surface area contributed by atoms with Gasteiger partial charge in [0.15, 0.2) is 5.69 Å². The van der Waals surface area contributed by atoms with E-state index in [1.54, 1.807) is 56.7 Å². The second kappa shape index (κ2) is 9.14. The number of aryl methyl sites for hydroxylation is 1. The molecule has 0 saturated carbocycles. The number of carbonyl (C=O) groups excluding carboxylic acids is 1. The van der Waals surface area contributed by atoms with Crippen molar-refractivity contribution < 1.29 is 31.8 Å². The summed E-state index contributed by atoms with van der Waals surface area (Å²) in [7, 11) is 1.64. The molecule has 7 nitrogen and oxygen atoms in total. The number of nitrogens with one attached hydrogen (secondary N) is 1. The summed E-state index contributed by atoms with van der Waals surface area (Å²) in [5.41, 5.74) is -0.860. The van der Waals surface area contributed by atoms with Gasteiger partial charge in [-0.25, -0.2) is 19.2 Å². The summed E-state index contributed by atoms with van der Waals surface area (Å²) in [4.78, 5) is 20.7. The van der Waals surface area contributed by atoms with Gasteiger partial charge < -0.3 is 19.4 Å². The van der Waals surface area contributed by atoms with Crippen molar-refractivity contribution in [1.29, 1.82) is 0 Å². The number of carbonyl (C=O) groups is 1. The fourth-order valence-corrected chi connectivity index (χ4v) is 3.33. The molecule has 2 heterocycles. The molecule has 0 aliphatic heterocycles. The highest BCUT2D eigenvalue weighted by Gasteiger charge is 2.31. The molecule has 0 radical (unpaired) electrons. The van der Waals surface area contributed by atoms with Crippen molar-refractivity contribution in [2.45, 2.75) is 32.5 Å². The van der Waals surface area contributed by atoms with Gasteiger partial charge in [-0.15, -0.1) is 0 Å². The van der Waals surface area contributed by atoms with E-state index in [9.17, 15) is 22.4 Å². The predicted octanol–water partition coefficient (Wildman–Crippen LogP) is 6.62. The molecule has 0 amide bonds. The van der Waals surface area contributed by atoms with Gasteiger partial charge in [0.25, 0.3) is 0 Å². The summed E-state index contributed by atoms with van der Waals surface area (Å²) in [5, 5.41) is 2.63. The zero-order chi connectivity index (χ0) is 26.3. The zero-order valence-electron chi connectivity index (χ0n) is 19.8. The lowest BCUT2D eigenvalue weighted by Gasteiger charge is -2.19. The fourth-order valence-electron chi connectivity index (χ4n) is 3.33. The Bertz CT molecular complexity index is 1440. The Labute approximate surface area is 203 Å². The van der Waals surface area contributed by atoms with Gasteiger partial charge in [-0.1, -0.05) is 0 Å². The number of hydrogen-bond donors (Lipinski definition) is 1. The van der Waals surface area contributed by atoms with E-state index < -0.39 is 29.1 Å². The summed E-state index contributed by atoms with van der Waals surface area (Å²) >= 11 is 0. The van der Waals surface area contributed by atoms with Crippen LogP contribution in [0, 0.1) is 5.82 Å². The molecule has 0 bridgehead atoms. The molecule has 0 unspecified atom stereocenters. The predicted molar refractivity (Wildman–Crippen MR) is 125 cm³/mol. The van der Waals surface area contributed by atoms with E-state index in [1.165, 1.54) is 12.3 Å². The molecule has 188 valence electrons. The Morgan fingerprint density at radius 3 is 2.42 bits per heavy atom. The number of benzene rings is 2. The molecule has 0 aliphatic rings. The minimum absolute atomic E-state index is 0.0796. The lowest BCUT2D eigenvalue weighted by Crippen LogP contribution is -2.24. The van der Waals surface area contributed by atoms with Crippen LogP contribution in [0.3, 0.4) is 0 Å². The second-order valence-electron chi connectivity index (χ2n) is 8.94. The summed E-state index contributed by atoms with van der Waals surface area (Å²) in [6.07, 6.45) is -3.20. The summed E-state index contributed by atoms with van der Waals surface area (Å²) < 4.78 is 66.0. The highest BCUT2D eigenvalue weighted by molar-refractivity contribution is 5.88. The van der Waals surface area contributed by atoms with Gasteiger partial charge in [-0.3, -0.25) is 0 Å². The first-order valence-electron chi connectivity index (χ1n) is 10.8. The van der Waals surface area contributed by atoms with Crippen LogP contribution in [0.4, 0.5) is 29.2 Å².